The Balaban J connectivity index is 1.27. The second-order valence-corrected chi connectivity index (χ2v) is 28.9. The summed E-state index contributed by atoms with van der Waals surface area (Å²) in [7, 11) is 0. The van der Waals surface area contributed by atoms with Crippen molar-refractivity contribution < 1.29 is 0 Å². The highest BCUT2D eigenvalue weighted by Gasteiger charge is 2.51. The molecule has 7 aromatic carbocycles. The lowest BCUT2D eigenvalue weighted by Gasteiger charge is -2.49. The first-order valence-corrected chi connectivity index (χ1v) is 28.1. The predicted molar refractivity (Wildman–Crippen MR) is 321 cm³/mol. The minimum Gasteiger partial charge on any atom is -0.311 e. The zero-order valence-electron chi connectivity index (χ0n) is 48.3. The number of rotatable bonds is 3. The molecule has 0 atom stereocenters. The average molecular weight is 973 g/mol. The summed E-state index contributed by atoms with van der Waals surface area (Å²) < 4.78 is 0. The number of benzene rings is 7. The van der Waals surface area contributed by atoms with Gasteiger partial charge in [-0.3, -0.25) is 0 Å². The molecule has 2 aliphatic heterocycles. The maximum Gasteiger partial charge on any atom is 0.252 e. The number of anilines is 6. The molecule has 0 N–H and O–H groups in total. The van der Waals surface area contributed by atoms with E-state index in [1.165, 1.54) is 148 Å². The molecule has 0 bridgehead atoms. The molecule has 0 saturated carbocycles. The highest BCUT2D eigenvalue weighted by molar-refractivity contribution is 7.00. The third-order valence-electron chi connectivity index (χ3n) is 19.5. The summed E-state index contributed by atoms with van der Waals surface area (Å²) in [5.41, 5.74) is 31.6. The largest absolute Gasteiger partial charge is 0.311 e. The molecule has 2 heterocycles. The standard InChI is InChI=1S/C71H81BN2/c1-42-34-46(65(3,4)5)25-28-56(42)73-59-41-54-52(68(11,12)31-33-70(54,15)16)39-55(59)72-63-60(73)36-45(44-22-20-19-21-23-44)37-61(63)74(58-40-53-51(35-43(58)2)67(9,10)30-32-69(53,13)14)57-29-26-48-49-38-47(66(6,7)8)24-27-50(49)71(17,18)62(48)64(57)72/h19-29,34-41H,30-33H2,1-18H3. The van der Waals surface area contributed by atoms with Crippen LogP contribution in [0.3, 0.4) is 0 Å². The van der Waals surface area contributed by atoms with Crippen LogP contribution in [0.4, 0.5) is 34.1 Å². The van der Waals surface area contributed by atoms with Crippen LogP contribution in [-0.2, 0) is 37.9 Å². The molecule has 0 saturated heterocycles. The molecule has 2 nitrogen and oxygen atoms in total. The first kappa shape index (κ1) is 49.1. The Bertz CT molecular complexity index is 3510. The maximum absolute atomic E-state index is 2.76. The van der Waals surface area contributed by atoms with Gasteiger partial charge < -0.3 is 9.80 Å². The molecule has 5 aliphatic rings. The van der Waals surface area contributed by atoms with Gasteiger partial charge in [-0.15, -0.1) is 0 Å². The first-order chi connectivity index (χ1) is 34.5. The van der Waals surface area contributed by atoms with Gasteiger partial charge in [-0.05, 0) is 203 Å². The summed E-state index contributed by atoms with van der Waals surface area (Å²) in [5.74, 6) is 0. The molecule has 0 radical (unpaired) electrons. The summed E-state index contributed by atoms with van der Waals surface area (Å²) in [6.07, 6.45) is 4.68. The lowest BCUT2D eigenvalue weighted by atomic mass is 9.31. The van der Waals surface area contributed by atoms with Gasteiger partial charge in [0.1, 0.15) is 0 Å². The summed E-state index contributed by atoms with van der Waals surface area (Å²) in [6, 6.07) is 46.8. The third kappa shape index (κ3) is 7.09. The van der Waals surface area contributed by atoms with Gasteiger partial charge >= 0.3 is 0 Å². The summed E-state index contributed by atoms with van der Waals surface area (Å²) in [4.78, 5) is 5.48. The van der Waals surface area contributed by atoms with Gasteiger partial charge in [0.05, 0.1) is 0 Å². The van der Waals surface area contributed by atoms with Crippen LogP contribution < -0.4 is 26.2 Å². The highest BCUT2D eigenvalue weighted by Crippen LogP contribution is 2.57. The Kier molecular flexibility index (Phi) is 10.4. The summed E-state index contributed by atoms with van der Waals surface area (Å²) in [5, 5.41) is 0. The summed E-state index contributed by atoms with van der Waals surface area (Å²) in [6.45, 7) is 43.8. The number of nitrogens with zero attached hydrogens (tertiary/aromatic N) is 2. The van der Waals surface area contributed by atoms with E-state index in [2.05, 4.69) is 250 Å². The molecule has 74 heavy (non-hydrogen) atoms. The SMILES string of the molecule is Cc1cc(C(C)(C)C)ccc1N1c2cc3c(cc2B2c4c1cc(-c1ccccc1)cc4N(c1cc4c(cc1C)C(C)(C)CCC4(C)C)c1ccc4c(c12)C(C)(C)c1ccc(C(C)(C)C)cc1-4)C(C)(C)CCC3(C)C. The van der Waals surface area contributed by atoms with Gasteiger partial charge in [0.2, 0.25) is 0 Å². The van der Waals surface area contributed by atoms with Crippen LogP contribution in [0, 0.1) is 13.8 Å². The van der Waals surface area contributed by atoms with Crippen molar-refractivity contribution in [3.05, 3.63) is 171 Å². The monoisotopic (exact) mass is 973 g/mol. The minimum absolute atomic E-state index is 0.0222. The van der Waals surface area contributed by atoms with Crippen molar-refractivity contribution in [2.24, 2.45) is 0 Å². The smallest absolute Gasteiger partial charge is 0.252 e. The van der Waals surface area contributed by atoms with Gasteiger partial charge in [0, 0.05) is 39.5 Å². The zero-order valence-corrected chi connectivity index (χ0v) is 48.3. The van der Waals surface area contributed by atoms with Crippen molar-refractivity contribution in [1.29, 1.82) is 0 Å². The van der Waals surface area contributed by atoms with Gasteiger partial charge in [-0.1, -0.05) is 190 Å². The van der Waals surface area contributed by atoms with Crippen molar-refractivity contribution in [1.82, 2.24) is 0 Å². The molecule has 0 aromatic heterocycles. The topological polar surface area (TPSA) is 6.48 Å². The molecule has 0 spiro atoms. The number of hydrogen-bond acceptors (Lipinski definition) is 2. The summed E-state index contributed by atoms with van der Waals surface area (Å²) >= 11 is 0. The molecular formula is C71H81BN2. The second kappa shape index (κ2) is 15.6. The van der Waals surface area contributed by atoms with Crippen molar-refractivity contribution >= 4 is 57.2 Å². The van der Waals surface area contributed by atoms with Crippen LogP contribution in [0.15, 0.2) is 115 Å². The van der Waals surface area contributed by atoms with Gasteiger partial charge in [-0.25, -0.2) is 0 Å². The van der Waals surface area contributed by atoms with Crippen molar-refractivity contribution in [2.75, 3.05) is 9.80 Å². The molecule has 3 aliphatic carbocycles. The minimum atomic E-state index is -0.261. The van der Waals surface area contributed by atoms with E-state index in [9.17, 15) is 0 Å². The average Bonchev–Trinajstić information content (AvgIpc) is 3.63. The van der Waals surface area contributed by atoms with E-state index in [0.29, 0.717) is 0 Å². The van der Waals surface area contributed by atoms with Crippen LogP contribution in [0.25, 0.3) is 22.3 Å². The Morgan fingerprint density at radius 3 is 1.45 bits per heavy atom. The molecule has 378 valence electrons. The van der Waals surface area contributed by atoms with Gasteiger partial charge in [0.15, 0.2) is 0 Å². The third-order valence-corrected chi connectivity index (χ3v) is 19.5. The normalized spacial score (nSPS) is 18.9. The quantitative estimate of drug-likeness (QED) is 0.163. The van der Waals surface area contributed by atoms with Crippen LogP contribution in [-0.4, -0.2) is 6.71 Å². The second-order valence-electron chi connectivity index (χ2n) is 28.9. The Morgan fingerprint density at radius 2 is 0.878 bits per heavy atom. The molecule has 7 aromatic rings. The van der Waals surface area contributed by atoms with Crippen molar-refractivity contribution in [3.63, 3.8) is 0 Å². The Labute approximate surface area is 446 Å². The number of hydrogen-bond donors (Lipinski definition) is 0. The lowest BCUT2D eigenvalue weighted by Crippen LogP contribution is -2.63. The molecule has 12 rings (SSSR count). The molecular weight excluding hydrogens is 892 g/mol. The molecule has 0 fully saturated rings. The van der Waals surface area contributed by atoms with Crippen molar-refractivity contribution in [3.8, 4) is 22.3 Å². The zero-order chi connectivity index (χ0) is 52.8. The fourth-order valence-corrected chi connectivity index (χ4v) is 14.6. The van der Waals surface area contributed by atoms with Gasteiger partial charge in [0.25, 0.3) is 6.71 Å². The van der Waals surface area contributed by atoms with E-state index < -0.39 is 0 Å². The molecule has 3 heteroatoms. The van der Waals surface area contributed by atoms with Crippen molar-refractivity contribution in [2.45, 2.75) is 188 Å². The van der Waals surface area contributed by atoms with Crippen LogP contribution in [0.2, 0.25) is 0 Å². The van der Waals surface area contributed by atoms with Gasteiger partial charge in [-0.2, -0.15) is 0 Å². The molecule has 0 amide bonds. The fourth-order valence-electron chi connectivity index (χ4n) is 14.6. The van der Waals surface area contributed by atoms with E-state index in [-0.39, 0.29) is 44.6 Å². The van der Waals surface area contributed by atoms with E-state index in [4.69, 9.17) is 0 Å². The predicted octanol–water partition coefficient (Wildman–Crippen LogP) is 17.7. The van der Waals surface area contributed by atoms with E-state index in [1.54, 1.807) is 0 Å². The van der Waals surface area contributed by atoms with Crippen LogP contribution in [0.1, 0.15) is 192 Å². The lowest BCUT2D eigenvalue weighted by molar-refractivity contribution is 0.332. The Morgan fingerprint density at radius 1 is 0.392 bits per heavy atom. The number of aryl methyl sites for hydroxylation is 2. The van der Waals surface area contributed by atoms with Crippen LogP contribution in [0.5, 0.6) is 0 Å². The Hall–Kier alpha value is -5.80. The fraction of sp³-hybridized carbons (Fsp3) is 0.408. The first-order valence-electron chi connectivity index (χ1n) is 28.1. The molecule has 0 unspecified atom stereocenters. The highest BCUT2D eigenvalue weighted by atomic mass is 15.2. The van der Waals surface area contributed by atoms with E-state index in [1.807, 2.05) is 0 Å². The van der Waals surface area contributed by atoms with E-state index in [0.717, 1.165) is 6.42 Å². The van der Waals surface area contributed by atoms with E-state index >= 15 is 0 Å². The number of fused-ring (bicyclic) bond motifs is 10. The maximum atomic E-state index is 2.76. The van der Waals surface area contributed by atoms with Crippen LogP contribution >= 0.6 is 0 Å².